The largest absolute Gasteiger partial charge is 0.493 e. The van der Waals surface area contributed by atoms with Crippen LogP contribution in [0.1, 0.15) is 12.5 Å². The molecule has 0 spiro atoms. The topological polar surface area (TPSA) is 81.7 Å². The number of ether oxygens (including phenoxy) is 3. The van der Waals surface area contributed by atoms with Gasteiger partial charge in [0.05, 0.1) is 26.3 Å². The molecule has 1 heterocycles. The van der Waals surface area contributed by atoms with Crippen LogP contribution < -0.4 is 24.8 Å². The van der Waals surface area contributed by atoms with Gasteiger partial charge in [-0.2, -0.15) is 0 Å². The minimum absolute atomic E-state index is 0.0420. The molecule has 3 aromatic carbocycles. The number of aryl methyl sites for hydroxylation is 1. The first-order valence-corrected chi connectivity index (χ1v) is 11.1. The van der Waals surface area contributed by atoms with E-state index in [-0.39, 0.29) is 12.5 Å². The van der Waals surface area contributed by atoms with E-state index >= 15 is 0 Å². The predicted molar refractivity (Wildman–Crippen MR) is 134 cm³/mol. The number of nitrogens with one attached hydrogen (secondary N) is 2. The molecule has 0 unspecified atom stereocenters. The molecule has 2 N–H and O–H groups in total. The number of aromatic nitrogens is 1. The third-order valence-electron chi connectivity index (χ3n) is 5.44. The molecule has 0 aliphatic carbocycles. The van der Waals surface area contributed by atoms with Crippen molar-refractivity contribution in [1.82, 2.24) is 4.98 Å². The number of pyridine rings is 1. The fourth-order valence-corrected chi connectivity index (χ4v) is 3.71. The van der Waals surface area contributed by atoms with Gasteiger partial charge in [0, 0.05) is 29.0 Å². The van der Waals surface area contributed by atoms with Crippen molar-refractivity contribution in [3.63, 3.8) is 0 Å². The number of rotatable bonds is 9. The molecule has 0 atom stereocenters. The number of hydrogen-bond acceptors (Lipinski definition) is 6. The zero-order valence-corrected chi connectivity index (χ0v) is 19.7. The normalized spacial score (nSPS) is 10.6. The monoisotopic (exact) mass is 475 g/mol. The maximum Gasteiger partial charge on any atom is 0.243 e. The molecule has 0 saturated heterocycles. The standard InChI is InChI=1S/C27H26FN3O4/c1-4-17-12-20(8-9-22(17)30-16-27(32)31-19-7-5-6-18(28)13-19)35-24-10-11-29-23-15-26(34-3)25(33-2)14-21(23)24/h5-15,30H,4,16H2,1-3H3,(H,31,32). The van der Waals surface area contributed by atoms with Gasteiger partial charge in [-0.1, -0.05) is 13.0 Å². The van der Waals surface area contributed by atoms with Crippen molar-refractivity contribution in [3.05, 3.63) is 78.2 Å². The van der Waals surface area contributed by atoms with E-state index in [1.54, 1.807) is 44.7 Å². The van der Waals surface area contributed by atoms with E-state index in [4.69, 9.17) is 14.2 Å². The fraction of sp³-hybridized carbons (Fsp3) is 0.185. The Balaban J connectivity index is 1.49. The van der Waals surface area contributed by atoms with Crippen molar-refractivity contribution in [2.24, 2.45) is 0 Å². The second-order valence-corrected chi connectivity index (χ2v) is 7.72. The van der Waals surface area contributed by atoms with Gasteiger partial charge in [-0.3, -0.25) is 9.78 Å². The molecular weight excluding hydrogens is 449 g/mol. The molecule has 180 valence electrons. The summed E-state index contributed by atoms with van der Waals surface area (Å²) in [6, 6.07) is 16.9. The molecule has 4 aromatic rings. The van der Waals surface area contributed by atoms with Gasteiger partial charge in [-0.25, -0.2) is 4.39 Å². The zero-order valence-electron chi connectivity index (χ0n) is 19.7. The first kappa shape index (κ1) is 23.8. The van der Waals surface area contributed by atoms with E-state index in [1.807, 2.05) is 31.2 Å². The van der Waals surface area contributed by atoms with Crippen molar-refractivity contribution < 1.29 is 23.4 Å². The number of anilines is 2. The fourth-order valence-electron chi connectivity index (χ4n) is 3.71. The van der Waals surface area contributed by atoms with Crippen molar-refractivity contribution in [2.45, 2.75) is 13.3 Å². The number of fused-ring (bicyclic) bond motifs is 1. The average Bonchev–Trinajstić information content (AvgIpc) is 2.87. The SMILES string of the molecule is CCc1cc(Oc2ccnc3cc(OC)c(OC)cc23)ccc1NCC(=O)Nc1cccc(F)c1. The van der Waals surface area contributed by atoms with E-state index in [2.05, 4.69) is 15.6 Å². The summed E-state index contributed by atoms with van der Waals surface area (Å²) in [6.45, 7) is 2.07. The lowest BCUT2D eigenvalue weighted by Gasteiger charge is -2.15. The third-order valence-corrected chi connectivity index (χ3v) is 5.44. The molecule has 0 radical (unpaired) electrons. The van der Waals surface area contributed by atoms with Crippen LogP contribution in [0.5, 0.6) is 23.0 Å². The molecule has 1 aromatic heterocycles. The smallest absolute Gasteiger partial charge is 0.243 e. The Morgan fingerprint density at radius 3 is 2.51 bits per heavy atom. The Bertz CT molecular complexity index is 1360. The van der Waals surface area contributed by atoms with Crippen molar-refractivity contribution >= 4 is 28.2 Å². The van der Waals surface area contributed by atoms with E-state index < -0.39 is 5.82 Å². The highest BCUT2D eigenvalue weighted by molar-refractivity contribution is 5.94. The molecule has 0 bridgehead atoms. The van der Waals surface area contributed by atoms with Gasteiger partial charge in [-0.15, -0.1) is 0 Å². The van der Waals surface area contributed by atoms with Crippen LogP contribution in [-0.4, -0.2) is 31.7 Å². The summed E-state index contributed by atoms with van der Waals surface area (Å²) < 4.78 is 30.3. The quantitative estimate of drug-likeness (QED) is 0.319. The van der Waals surface area contributed by atoms with Gasteiger partial charge in [0.25, 0.3) is 0 Å². The maximum absolute atomic E-state index is 13.3. The highest BCUT2D eigenvalue weighted by Crippen LogP contribution is 2.37. The van der Waals surface area contributed by atoms with Crippen LogP contribution in [0.25, 0.3) is 10.9 Å². The van der Waals surface area contributed by atoms with Crippen molar-refractivity contribution in [2.75, 3.05) is 31.4 Å². The highest BCUT2D eigenvalue weighted by Gasteiger charge is 2.12. The van der Waals surface area contributed by atoms with Gasteiger partial charge < -0.3 is 24.8 Å². The molecule has 4 rings (SSSR count). The van der Waals surface area contributed by atoms with Crippen LogP contribution in [0.15, 0.2) is 66.9 Å². The Morgan fingerprint density at radius 1 is 0.971 bits per heavy atom. The summed E-state index contributed by atoms with van der Waals surface area (Å²) in [5, 5.41) is 6.61. The Hall–Kier alpha value is -4.33. The lowest BCUT2D eigenvalue weighted by Crippen LogP contribution is -2.22. The molecule has 35 heavy (non-hydrogen) atoms. The summed E-state index contributed by atoms with van der Waals surface area (Å²) >= 11 is 0. The molecule has 0 aliphatic rings. The van der Waals surface area contributed by atoms with Gasteiger partial charge in [-0.05, 0) is 60.5 Å². The van der Waals surface area contributed by atoms with Crippen LogP contribution in [0, 0.1) is 5.82 Å². The van der Waals surface area contributed by atoms with Crippen LogP contribution >= 0.6 is 0 Å². The van der Waals surface area contributed by atoms with E-state index in [0.29, 0.717) is 28.7 Å². The average molecular weight is 476 g/mol. The second-order valence-electron chi connectivity index (χ2n) is 7.72. The van der Waals surface area contributed by atoms with Crippen LogP contribution in [0.4, 0.5) is 15.8 Å². The van der Waals surface area contributed by atoms with Crippen molar-refractivity contribution in [1.29, 1.82) is 0 Å². The highest BCUT2D eigenvalue weighted by atomic mass is 19.1. The number of carbonyl (C=O) groups excluding carboxylic acids is 1. The zero-order chi connectivity index (χ0) is 24.8. The lowest BCUT2D eigenvalue weighted by molar-refractivity contribution is -0.114. The van der Waals surface area contributed by atoms with Gasteiger partial charge >= 0.3 is 0 Å². The minimum atomic E-state index is -0.404. The molecule has 0 aliphatic heterocycles. The summed E-state index contributed by atoms with van der Waals surface area (Å²) in [6.07, 6.45) is 2.41. The van der Waals surface area contributed by atoms with Gasteiger partial charge in [0.15, 0.2) is 11.5 Å². The number of benzene rings is 3. The second kappa shape index (κ2) is 10.7. The number of amides is 1. The predicted octanol–water partition coefficient (Wildman–Crippen LogP) is 5.80. The molecule has 0 saturated carbocycles. The lowest BCUT2D eigenvalue weighted by atomic mass is 10.1. The summed E-state index contributed by atoms with van der Waals surface area (Å²) in [7, 11) is 3.16. The minimum Gasteiger partial charge on any atom is -0.493 e. The van der Waals surface area contributed by atoms with E-state index in [0.717, 1.165) is 28.6 Å². The number of nitrogens with zero attached hydrogens (tertiary/aromatic N) is 1. The van der Waals surface area contributed by atoms with Crippen LogP contribution in [0.3, 0.4) is 0 Å². The van der Waals surface area contributed by atoms with E-state index in [1.165, 1.54) is 12.1 Å². The van der Waals surface area contributed by atoms with Gasteiger partial charge in [0.2, 0.25) is 5.91 Å². The van der Waals surface area contributed by atoms with Crippen molar-refractivity contribution in [3.8, 4) is 23.0 Å². The molecule has 7 nitrogen and oxygen atoms in total. The number of carbonyl (C=O) groups is 1. The third kappa shape index (κ3) is 5.60. The number of methoxy groups -OCH3 is 2. The summed E-state index contributed by atoms with van der Waals surface area (Å²) in [5.74, 6) is 1.79. The van der Waals surface area contributed by atoms with Crippen LogP contribution in [0.2, 0.25) is 0 Å². The molecular formula is C27H26FN3O4. The Labute approximate surface area is 202 Å². The molecule has 0 fully saturated rings. The van der Waals surface area contributed by atoms with Crippen LogP contribution in [-0.2, 0) is 11.2 Å². The number of halogens is 1. The van der Waals surface area contributed by atoms with E-state index in [9.17, 15) is 9.18 Å². The van der Waals surface area contributed by atoms with Gasteiger partial charge in [0.1, 0.15) is 17.3 Å². The molecule has 8 heteroatoms. The first-order valence-electron chi connectivity index (χ1n) is 11.1. The summed E-state index contributed by atoms with van der Waals surface area (Å²) in [5.41, 5.74) is 2.94. The molecule has 1 amide bonds. The Morgan fingerprint density at radius 2 is 1.77 bits per heavy atom. The number of hydrogen-bond donors (Lipinski definition) is 2. The first-order chi connectivity index (χ1) is 17.0. The maximum atomic E-state index is 13.3. The summed E-state index contributed by atoms with van der Waals surface area (Å²) in [4.78, 5) is 16.7. The Kier molecular flexibility index (Phi) is 7.30.